The average Bonchev–Trinajstić information content (AvgIpc) is 2.26. The van der Waals surface area contributed by atoms with Crippen LogP contribution in [0.4, 0.5) is 0 Å². The molecule has 0 bridgehead atoms. The van der Waals surface area contributed by atoms with Gasteiger partial charge in [-0.2, -0.15) is 0 Å². The van der Waals surface area contributed by atoms with Crippen molar-refractivity contribution >= 4 is 58.0 Å². The molecule has 0 N–H and O–H groups in total. The van der Waals surface area contributed by atoms with Gasteiger partial charge in [-0.05, 0) is 12.1 Å². The summed E-state index contributed by atoms with van der Waals surface area (Å²) >= 11 is 22.8. The standard InChI is InChI=1S/C10H2Cl4O2/c11-5-1-3-4(2-6(5)12)10(16)8(14)7(13)9(3)15/h1-2H. The molecular formula is C10H2Cl4O2. The summed E-state index contributed by atoms with van der Waals surface area (Å²) in [5, 5.41) is -0.219. The molecule has 0 atom stereocenters. The minimum absolute atomic E-state index is 0.119. The summed E-state index contributed by atoms with van der Waals surface area (Å²) in [6, 6.07) is 2.62. The maximum absolute atomic E-state index is 11.7. The second-order valence-electron chi connectivity index (χ2n) is 3.10. The summed E-state index contributed by atoms with van der Waals surface area (Å²) in [4.78, 5) is 23.4. The fraction of sp³-hybridized carbons (Fsp3) is 0. The van der Waals surface area contributed by atoms with Crippen LogP contribution in [0.2, 0.25) is 10.0 Å². The maximum Gasteiger partial charge on any atom is 0.206 e. The second-order valence-corrected chi connectivity index (χ2v) is 4.67. The molecule has 1 aromatic rings. The van der Waals surface area contributed by atoms with Crippen LogP contribution < -0.4 is 0 Å². The number of Topliss-reactive ketones (excluding diaryl/α,β-unsaturated/α-hetero) is 2. The van der Waals surface area contributed by atoms with E-state index in [1.54, 1.807) is 0 Å². The lowest BCUT2D eigenvalue weighted by atomic mass is 9.94. The number of rotatable bonds is 0. The SMILES string of the molecule is O=C1C(Cl)=C(Cl)C(=O)c2cc(Cl)c(Cl)cc21. The predicted molar refractivity (Wildman–Crippen MR) is 63.9 cm³/mol. The molecule has 16 heavy (non-hydrogen) atoms. The van der Waals surface area contributed by atoms with E-state index in [0.717, 1.165) is 0 Å². The van der Waals surface area contributed by atoms with E-state index in [9.17, 15) is 9.59 Å². The number of hydrogen-bond donors (Lipinski definition) is 0. The van der Waals surface area contributed by atoms with Crippen molar-refractivity contribution in [3.8, 4) is 0 Å². The Morgan fingerprint density at radius 3 is 1.31 bits per heavy atom. The van der Waals surface area contributed by atoms with Crippen LogP contribution in [0.15, 0.2) is 22.2 Å². The molecule has 0 fully saturated rings. The number of fused-ring (bicyclic) bond motifs is 1. The molecule has 0 unspecified atom stereocenters. The zero-order chi connectivity index (χ0) is 12.0. The molecule has 1 aromatic carbocycles. The summed E-state index contributed by atoms with van der Waals surface area (Å²) in [6.45, 7) is 0. The van der Waals surface area contributed by atoms with Crippen LogP contribution in [-0.2, 0) is 0 Å². The normalized spacial score (nSPS) is 15.5. The number of halogens is 4. The van der Waals surface area contributed by atoms with Gasteiger partial charge in [0.1, 0.15) is 10.1 Å². The van der Waals surface area contributed by atoms with Crippen LogP contribution in [-0.4, -0.2) is 11.6 Å². The first-order chi connectivity index (χ1) is 7.43. The van der Waals surface area contributed by atoms with Gasteiger partial charge in [-0.25, -0.2) is 0 Å². The Morgan fingerprint density at radius 2 is 1.00 bits per heavy atom. The molecule has 1 aliphatic rings. The third-order valence-electron chi connectivity index (χ3n) is 2.14. The highest BCUT2D eigenvalue weighted by Gasteiger charge is 2.31. The van der Waals surface area contributed by atoms with Crippen molar-refractivity contribution < 1.29 is 9.59 Å². The maximum atomic E-state index is 11.7. The smallest absolute Gasteiger partial charge is 0.206 e. The third kappa shape index (κ3) is 1.66. The molecule has 0 saturated carbocycles. The highest BCUT2D eigenvalue weighted by molar-refractivity contribution is 6.59. The minimum atomic E-state index is -0.528. The Bertz CT molecular complexity index is 511. The van der Waals surface area contributed by atoms with E-state index in [4.69, 9.17) is 46.4 Å². The first kappa shape index (κ1) is 11.9. The van der Waals surface area contributed by atoms with Crippen LogP contribution in [0, 0.1) is 0 Å². The van der Waals surface area contributed by atoms with E-state index in [1.165, 1.54) is 12.1 Å². The van der Waals surface area contributed by atoms with Crippen molar-refractivity contribution in [1.29, 1.82) is 0 Å². The Balaban J connectivity index is 2.76. The lowest BCUT2D eigenvalue weighted by molar-refractivity contribution is 0.0987. The van der Waals surface area contributed by atoms with E-state index >= 15 is 0 Å². The largest absolute Gasteiger partial charge is 0.288 e. The molecular weight excluding hydrogens is 294 g/mol. The molecule has 82 valence electrons. The van der Waals surface area contributed by atoms with Gasteiger partial charge < -0.3 is 0 Å². The lowest BCUT2D eigenvalue weighted by Gasteiger charge is -2.14. The van der Waals surface area contributed by atoms with Gasteiger partial charge in [0.15, 0.2) is 0 Å². The van der Waals surface area contributed by atoms with Crippen LogP contribution in [0.3, 0.4) is 0 Å². The van der Waals surface area contributed by atoms with E-state index in [-0.39, 0.29) is 31.2 Å². The zero-order valence-corrected chi connectivity index (χ0v) is 10.5. The summed E-state index contributed by atoms with van der Waals surface area (Å²) in [5.41, 5.74) is 0.239. The Hall–Kier alpha value is -0.540. The summed E-state index contributed by atoms with van der Waals surface area (Å²) < 4.78 is 0. The van der Waals surface area contributed by atoms with Crippen LogP contribution in [0.1, 0.15) is 20.7 Å². The number of benzene rings is 1. The van der Waals surface area contributed by atoms with Crippen LogP contribution in [0.25, 0.3) is 0 Å². The molecule has 0 aliphatic heterocycles. The highest BCUT2D eigenvalue weighted by Crippen LogP contribution is 2.35. The lowest BCUT2D eigenvalue weighted by Crippen LogP contribution is -2.17. The number of carbonyl (C=O) groups excluding carboxylic acids is 2. The number of allylic oxidation sites excluding steroid dienone is 2. The second kappa shape index (κ2) is 4.04. The van der Waals surface area contributed by atoms with Crippen LogP contribution >= 0.6 is 46.4 Å². The third-order valence-corrected chi connectivity index (χ3v) is 3.68. The van der Waals surface area contributed by atoms with E-state index in [2.05, 4.69) is 0 Å². The molecule has 0 saturated heterocycles. The predicted octanol–water partition coefficient (Wildman–Crippen LogP) is 4.06. The van der Waals surface area contributed by atoms with Gasteiger partial charge in [0.25, 0.3) is 0 Å². The van der Waals surface area contributed by atoms with Gasteiger partial charge in [0.2, 0.25) is 11.6 Å². The Morgan fingerprint density at radius 1 is 0.688 bits per heavy atom. The summed E-state index contributed by atoms with van der Waals surface area (Å²) in [7, 11) is 0. The molecule has 6 heteroatoms. The van der Waals surface area contributed by atoms with E-state index in [0.29, 0.717) is 0 Å². The van der Waals surface area contributed by atoms with Crippen molar-refractivity contribution in [3.05, 3.63) is 43.4 Å². The summed E-state index contributed by atoms with van der Waals surface area (Å²) in [6.07, 6.45) is 0. The fourth-order valence-electron chi connectivity index (χ4n) is 1.36. The van der Waals surface area contributed by atoms with E-state index in [1.807, 2.05) is 0 Å². The fourth-order valence-corrected chi connectivity index (χ4v) is 2.06. The van der Waals surface area contributed by atoms with Crippen LogP contribution in [0.5, 0.6) is 0 Å². The van der Waals surface area contributed by atoms with Gasteiger partial charge in [-0.15, -0.1) is 0 Å². The average molecular weight is 296 g/mol. The van der Waals surface area contributed by atoms with Gasteiger partial charge in [0, 0.05) is 11.1 Å². The number of ketones is 2. The molecule has 0 radical (unpaired) electrons. The highest BCUT2D eigenvalue weighted by atomic mass is 35.5. The summed E-state index contributed by atoms with van der Waals surface area (Å²) in [5.74, 6) is -1.06. The minimum Gasteiger partial charge on any atom is -0.288 e. The Kier molecular flexibility index (Phi) is 3.01. The molecule has 0 heterocycles. The van der Waals surface area contributed by atoms with Crippen molar-refractivity contribution in [2.75, 3.05) is 0 Å². The zero-order valence-electron chi connectivity index (χ0n) is 7.48. The molecule has 2 nitrogen and oxygen atoms in total. The molecule has 2 rings (SSSR count). The quantitative estimate of drug-likeness (QED) is 0.723. The number of hydrogen-bond acceptors (Lipinski definition) is 2. The van der Waals surface area contributed by atoms with Gasteiger partial charge in [-0.3, -0.25) is 9.59 Å². The molecule has 1 aliphatic carbocycles. The van der Waals surface area contributed by atoms with Gasteiger partial charge in [-0.1, -0.05) is 46.4 Å². The van der Waals surface area contributed by atoms with Gasteiger partial charge in [0.05, 0.1) is 10.0 Å². The first-order valence-electron chi connectivity index (χ1n) is 4.07. The Labute approximate surface area is 111 Å². The van der Waals surface area contributed by atoms with Gasteiger partial charge >= 0.3 is 0 Å². The monoisotopic (exact) mass is 294 g/mol. The van der Waals surface area contributed by atoms with Crippen molar-refractivity contribution in [2.24, 2.45) is 0 Å². The van der Waals surface area contributed by atoms with Crippen molar-refractivity contribution in [3.63, 3.8) is 0 Å². The molecule has 0 spiro atoms. The number of carbonyl (C=O) groups is 2. The first-order valence-corrected chi connectivity index (χ1v) is 5.58. The molecule has 0 amide bonds. The van der Waals surface area contributed by atoms with E-state index < -0.39 is 11.6 Å². The topological polar surface area (TPSA) is 34.1 Å². The van der Waals surface area contributed by atoms with Crippen molar-refractivity contribution in [1.82, 2.24) is 0 Å². The molecule has 0 aromatic heterocycles. The van der Waals surface area contributed by atoms with Crippen molar-refractivity contribution in [2.45, 2.75) is 0 Å².